The zero-order chi connectivity index (χ0) is 16.9. The minimum Gasteiger partial charge on any atom is -0.362 e. The molecule has 0 N–H and O–H groups in total. The zero-order valence-corrected chi connectivity index (χ0v) is 14.4. The molecule has 0 unspecified atom stereocenters. The average molecular weight is 367 g/mol. The summed E-state index contributed by atoms with van der Waals surface area (Å²) >= 11 is 12.3. The van der Waals surface area contributed by atoms with Crippen molar-refractivity contribution in [3.05, 3.63) is 40.1 Å². The molecule has 3 rings (SSSR count). The molecule has 1 saturated heterocycles. The lowest BCUT2D eigenvalue weighted by Crippen LogP contribution is -2.17. The maximum absolute atomic E-state index is 6.33. The molecule has 0 amide bonds. The van der Waals surface area contributed by atoms with E-state index in [-0.39, 0.29) is 12.9 Å². The second kappa shape index (κ2) is 8.02. The van der Waals surface area contributed by atoms with Crippen LogP contribution in [0.1, 0.15) is 5.69 Å². The van der Waals surface area contributed by atoms with Crippen LogP contribution in [0.15, 0.2) is 24.4 Å². The molecule has 0 aliphatic carbocycles. The number of imidazole rings is 1. The summed E-state index contributed by atoms with van der Waals surface area (Å²) in [6.07, 6.45) is 6.79. The molecule has 1 aliphatic heterocycles. The molecule has 0 atom stereocenters. The molecule has 1 fully saturated rings. The molecule has 0 radical (unpaired) electrons. The van der Waals surface area contributed by atoms with Crippen molar-refractivity contribution in [2.24, 2.45) is 0 Å². The number of aromatic nitrogens is 2. The molecule has 0 bridgehead atoms. The summed E-state index contributed by atoms with van der Waals surface area (Å²) in [6.45, 7) is 2.25. The normalized spacial score (nSPS) is 14.9. The number of nitrogens with zero attached hydrogens (tertiary/aromatic N) is 2. The van der Waals surface area contributed by atoms with Gasteiger partial charge in [0, 0.05) is 16.8 Å². The Morgan fingerprint density at radius 1 is 1.33 bits per heavy atom. The molecule has 1 aliphatic rings. The fourth-order valence-corrected chi connectivity index (χ4v) is 2.95. The number of hydrogen-bond donors (Lipinski definition) is 0. The van der Waals surface area contributed by atoms with Gasteiger partial charge in [-0.25, -0.2) is 4.98 Å². The summed E-state index contributed by atoms with van der Waals surface area (Å²) in [7, 11) is 0. The highest BCUT2D eigenvalue weighted by Gasteiger charge is 2.20. The highest BCUT2D eigenvalue weighted by atomic mass is 35.5. The number of hydrogen-bond acceptors (Lipinski definition) is 4. The van der Waals surface area contributed by atoms with Crippen molar-refractivity contribution in [2.45, 2.75) is 19.4 Å². The SMILES string of the molecule is C#CCOCc1cn(CC2OCCO2)c(-c2ccc(Cl)cc2Cl)n1. The fraction of sp³-hybridized carbons (Fsp3) is 0.353. The molecule has 1 aromatic carbocycles. The van der Waals surface area contributed by atoms with Gasteiger partial charge in [-0.1, -0.05) is 29.1 Å². The van der Waals surface area contributed by atoms with Gasteiger partial charge in [-0.2, -0.15) is 0 Å². The Morgan fingerprint density at radius 3 is 2.83 bits per heavy atom. The minimum absolute atomic E-state index is 0.235. The van der Waals surface area contributed by atoms with Gasteiger partial charge in [0.1, 0.15) is 12.4 Å². The quantitative estimate of drug-likeness (QED) is 0.580. The van der Waals surface area contributed by atoms with E-state index in [1.165, 1.54) is 0 Å². The van der Waals surface area contributed by atoms with Crippen LogP contribution >= 0.6 is 23.2 Å². The van der Waals surface area contributed by atoms with E-state index in [1.54, 1.807) is 12.1 Å². The lowest BCUT2D eigenvalue weighted by Gasteiger charge is -2.13. The van der Waals surface area contributed by atoms with Crippen molar-refractivity contribution < 1.29 is 14.2 Å². The highest BCUT2D eigenvalue weighted by Crippen LogP contribution is 2.30. The van der Waals surface area contributed by atoms with Crippen molar-refractivity contribution in [3.8, 4) is 23.7 Å². The van der Waals surface area contributed by atoms with Gasteiger partial charge in [0.2, 0.25) is 0 Å². The number of halogens is 2. The van der Waals surface area contributed by atoms with E-state index in [9.17, 15) is 0 Å². The number of benzene rings is 1. The van der Waals surface area contributed by atoms with E-state index in [0.29, 0.717) is 42.2 Å². The molecule has 126 valence electrons. The van der Waals surface area contributed by atoms with Crippen LogP contribution in [0.5, 0.6) is 0 Å². The maximum Gasteiger partial charge on any atom is 0.175 e. The Hall–Kier alpha value is -1.55. The Kier molecular flexibility index (Phi) is 5.77. The topological polar surface area (TPSA) is 45.5 Å². The third-order valence-electron chi connectivity index (χ3n) is 3.47. The van der Waals surface area contributed by atoms with Gasteiger partial charge in [0.25, 0.3) is 0 Å². The van der Waals surface area contributed by atoms with E-state index in [0.717, 1.165) is 11.3 Å². The number of ether oxygens (including phenoxy) is 3. The van der Waals surface area contributed by atoms with Gasteiger partial charge in [-0.15, -0.1) is 6.42 Å². The lowest BCUT2D eigenvalue weighted by molar-refractivity contribution is -0.0522. The average Bonchev–Trinajstić information content (AvgIpc) is 3.18. The summed E-state index contributed by atoms with van der Waals surface area (Å²) in [5.41, 5.74) is 1.53. The summed E-state index contributed by atoms with van der Waals surface area (Å²) in [6, 6.07) is 5.30. The summed E-state index contributed by atoms with van der Waals surface area (Å²) in [5.74, 6) is 3.14. The van der Waals surface area contributed by atoms with Crippen molar-refractivity contribution in [1.29, 1.82) is 0 Å². The first-order chi connectivity index (χ1) is 11.7. The molecule has 2 heterocycles. The predicted molar refractivity (Wildman–Crippen MR) is 91.9 cm³/mol. The van der Waals surface area contributed by atoms with Crippen LogP contribution in [0.2, 0.25) is 10.0 Å². The molecule has 5 nitrogen and oxygen atoms in total. The second-order valence-corrected chi connectivity index (χ2v) is 6.04. The van der Waals surface area contributed by atoms with Crippen molar-refractivity contribution >= 4 is 23.2 Å². The van der Waals surface area contributed by atoms with Crippen molar-refractivity contribution in [1.82, 2.24) is 9.55 Å². The third-order valence-corrected chi connectivity index (χ3v) is 4.02. The van der Waals surface area contributed by atoms with Crippen LogP contribution in [0, 0.1) is 12.3 Å². The predicted octanol–water partition coefficient (Wildman–Crippen LogP) is 3.38. The Labute approximate surface area is 150 Å². The summed E-state index contributed by atoms with van der Waals surface area (Å²) in [5, 5.41) is 1.10. The van der Waals surface area contributed by atoms with E-state index >= 15 is 0 Å². The van der Waals surface area contributed by atoms with Gasteiger partial charge in [0.05, 0.1) is 37.1 Å². The van der Waals surface area contributed by atoms with E-state index in [2.05, 4.69) is 10.9 Å². The molecule has 2 aromatic rings. The first-order valence-corrected chi connectivity index (χ1v) is 8.19. The van der Waals surface area contributed by atoms with Crippen LogP contribution in [0.3, 0.4) is 0 Å². The maximum atomic E-state index is 6.33. The fourth-order valence-electron chi connectivity index (χ4n) is 2.45. The summed E-state index contributed by atoms with van der Waals surface area (Å²) in [4.78, 5) is 4.62. The van der Waals surface area contributed by atoms with Crippen LogP contribution in [0.4, 0.5) is 0 Å². The number of rotatable bonds is 6. The third kappa shape index (κ3) is 4.10. The molecule has 24 heavy (non-hydrogen) atoms. The largest absolute Gasteiger partial charge is 0.362 e. The molecular formula is C17H16Cl2N2O3. The van der Waals surface area contributed by atoms with Crippen LogP contribution in [-0.2, 0) is 27.4 Å². The van der Waals surface area contributed by atoms with E-state index in [4.69, 9.17) is 43.8 Å². The van der Waals surface area contributed by atoms with Gasteiger partial charge < -0.3 is 18.8 Å². The monoisotopic (exact) mass is 366 g/mol. The minimum atomic E-state index is -0.302. The van der Waals surface area contributed by atoms with Crippen LogP contribution < -0.4 is 0 Å². The zero-order valence-electron chi connectivity index (χ0n) is 12.9. The van der Waals surface area contributed by atoms with Crippen LogP contribution in [0.25, 0.3) is 11.4 Å². The Balaban J connectivity index is 1.90. The Morgan fingerprint density at radius 2 is 2.12 bits per heavy atom. The van der Waals surface area contributed by atoms with E-state index < -0.39 is 0 Å². The number of terminal acetylenes is 1. The van der Waals surface area contributed by atoms with E-state index in [1.807, 2.05) is 16.8 Å². The van der Waals surface area contributed by atoms with Gasteiger partial charge >= 0.3 is 0 Å². The highest BCUT2D eigenvalue weighted by molar-refractivity contribution is 6.36. The van der Waals surface area contributed by atoms with Gasteiger partial charge in [0.15, 0.2) is 6.29 Å². The first kappa shape index (κ1) is 17.3. The molecule has 7 heteroatoms. The van der Waals surface area contributed by atoms with Crippen molar-refractivity contribution in [2.75, 3.05) is 19.8 Å². The molecular weight excluding hydrogens is 351 g/mol. The Bertz CT molecular complexity index is 749. The molecule has 1 aromatic heterocycles. The molecule has 0 spiro atoms. The van der Waals surface area contributed by atoms with Crippen molar-refractivity contribution in [3.63, 3.8) is 0 Å². The van der Waals surface area contributed by atoms with Crippen LogP contribution in [-0.4, -0.2) is 35.7 Å². The summed E-state index contributed by atoms with van der Waals surface area (Å²) < 4.78 is 18.4. The van der Waals surface area contributed by atoms with Gasteiger partial charge in [-0.3, -0.25) is 0 Å². The standard InChI is InChI=1S/C17H16Cl2N2O3/c1-2-5-22-11-13-9-21(10-16-23-6-7-24-16)17(20-13)14-4-3-12(18)8-15(14)19/h1,3-4,8-9,16H,5-7,10-11H2. The molecule has 0 saturated carbocycles. The smallest absolute Gasteiger partial charge is 0.175 e. The lowest BCUT2D eigenvalue weighted by atomic mass is 10.2. The van der Waals surface area contributed by atoms with Gasteiger partial charge in [-0.05, 0) is 18.2 Å². The second-order valence-electron chi connectivity index (χ2n) is 5.20. The first-order valence-electron chi connectivity index (χ1n) is 7.43.